The molecule has 120 valence electrons. The lowest BCUT2D eigenvalue weighted by molar-refractivity contribution is -0.394. The molecule has 1 aromatic rings. The fourth-order valence-corrected chi connectivity index (χ4v) is 2.22. The van der Waals surface area contributed by atoms with Crippen molar-refractivity contribution in [2.24, 2.45) is 0 Å². The van der Waals surface area contributed by atoms with E-state index >= 15 is 0 Å². The van der Waals surface area contributed by atoms with Crippen LogP contribution in [-0.2, 0) is 9.59 Å². The van der Waals surface area contributed by atoms with Crippen molar-refractivity contribution in [1.29, 1.82) is 0 Å². The second-order valence-electron chi connectivity index (χ2n) is 4.77. The molecule has 0 saturated carbocycles. The standard InChI is InChI=1S/C12H10N4O7/c1-13-10(17)9(11(18)14(2)12(13)19)7-4-3-6(15(20)21)5-8(7)16(22)23/h3-5,9H,1-2H3. The molecule has 0 N–H and O–H groups in total. The lowest BCUT2D eigenvalue weighted by atomic mass is 9.93. The first kappa shape index (κ1) is 16.0. The van der Waals surface area contributed by atoms with Crippen LogP contribution < -0.4 is 0 Å². The molecule has 0 atom stereocenters. The molecule has 1 heterocycles. The number of nitro groups is 2. The van der Waals surface area contributed by atoms with Crippen molar-refractivity contribution in [3.8, 4) is 0 Å². The molecule has 2 rings (SSSR count). The first-order valence-corrected chi connectivity index (χ1v) is 6.18. The Labute approximate surface area is 128 Å². The first-order valence-electron chi connectivity index (χ1n) is 6.18. The van der Waals surface area contributed by atoms with Gasteiger partial charge in [-0.1, -0.05) is 0 Å². The zero-order valence-corrected chi connectivity index (χ0v) is 12.0. The third-order valence-corrected chi connectivity index (χ3v) is 3.46. The van der Waals surface area contributed by atoms with Gasteiger partial charge < -0.3 is 0 Å². The Morgan fingerprint density at radius 2 is 1.48 bits per heavy atom. The van der Waals surface area contributed by atoms with Gasteiger partial charge in [-0.2, -0.15) is 0 Å². The van der Waals surface area contributed by atoms with Crippen molar-refractivity contribution >= 4 is 29.2 Å². The molecule has 11 heteroatoms. The van der Waals surface area contributed by atoms with Crippen molar-refractivity contribution in [3.05, 3.63) is 44.0 Å². The minimum absolute atomic E-state index is 0.304. The summed E-state index contributed by atoms with van der Waals surface area (Å²) >= 11 is 0. The molecule has 1 fully saturated rings. The summed E-state index contributed by atoms with van der Waals surface area (Å²) in [5.41, 5.74) is -1.59. The Hall–Kier alpha value is -3.37. The maximum absolute atomic E-state index is 12.2. The number of non-ortho nitro benzene ring substituents is 1. The van der Waals surface area contributed by atoms with Crippen LogP contribution in [0.2, 0.25) is 0 Å². The van der Waals surface area contributed by atoms with Gasteiger partial charge in [0.2, 0.25) is 11.8 Å². The normalized spacial score (nSPS) is 16.0. The zero-order chi connectivity index (χ0) is 17.5. The molecular formula is C12H10N4O7. The number of nitro benzene ring substituents is 2. The molecule has 0 spiro atoms. The minimum atomic E-state index is -1.61. The molecule has 0 aromatic heterocycles. The summed E-state index contributed by atoms with van der Waals surface area (Å²) in [5.74, 6) is -3.48. The van der Waals surface area contributed by atoms with Crippen LogP contribution in [0.15, 0.2) is 18.2 Å². The average Bonchev–Trinajstić information content (AvgIpc) is 2.51. The number of imide groups is 2. The van der Waals surface area contributed by atoms with Gasteiger partial charge >= 0.3 is 6.03 Å². The smallest absolute Gasteiger partial charge is 0.273 e. The van der Waals surface area contributed by atoms with Crippen molar-refractivity contribution in [3.63, 3.8) is 0 Å². The van der Waals surface area contributed by atoms with Crippen LogP contribution in [0.5, 0.6) is 0 Å². The monoisotopic (exact) mass is 322 g/mol. The van der Waals surface area contributed by atoms with Crippen LogP contribution in [0.3, 0.4) is 0 Å². The Morgan fingerprint density at radius 3 is 1.91 bits per heavy atom. The van der Waals surface area contributed by atoms with Gasteiger partial charge in [-0.25, -0.2) is 4.79 Å². The van der Waals surface area contributed by atoms with E-state index in [0.29, 0.717) is 15.9 Å². The van der Waals surface area contributed by atoms with E-state index in [1.54, 1.807) is 0 Å². The van der Waals surface area contributed by atoms with E-state index in [1.807, 2.05) is 0 Å². The molecule has 1 aliphatic rings. The van der Waals surface area contributed by atoms with Crippen molar-refractivity contribution in [1.82, 2.24) is 9.80 Å². The van der Waals surface area contributed by atoms with E-state index in [1.165, 1.54) is 0 Å². The van der Waals surface area contributed by atoms with Crippen LogP contribution in [-0.4, -0.2) is 51.6 Å². The zero-order valence-electron chi connectivity index (χ0n) is 12.0. The van der Waals surface area contributed by atoms with Crippen LogP contribution in [0.4, 0.5) is 16.2 Å². The molecule has 1 aliphatic heterocycles. The minimum Gasteiger partial charge on any atom is -0.273 e. The summed E-state index contributed by atoms with van der Waals surface area (Å²) in [6, 6.07) is 1.75. The molecule has 11 nitrogen and oxygen atoms in total. The molecule has 0 aliphatic carbocycles. The summed E-state index contributed by atoms with van der Waals surface area (Å²) in [6.07, 6.45) is 0. The highest BCUT2D eigenvalue weighted by Crippen LogP contribution is 2.34. The van der Waals surface area contributed by atoms with Crippen molar-refractivity contribution < 1.29 is 24.2 Å². The van der Waals surface area contributed by atoms with Gasteiger partial charge in [0.25, 0.3) is 11.4 Å². The summed E-state index contributed by atoms with van der Waals surface area (Å²) < 4.78 is 0. The highest BCUT2D eigenvalue weighted by Gasteiger charge is 2.46. The van der Waals surface area contributed by atoms with Gasteiger partial charge in [0.15, 0.2) is 0 Å². The average molecular weight is 322 g/mol. The number of rotatable bonds is 3. The van der Waals surface area contributed by atoms with Gasteiger partial charge in [0.1, 0.15) is 5.92 Å². The van der Waals surface area contributed by atoms with E-state index in [-0.39, 0.29) is 5.56 Å². The van der Waals surface area contributed by atoms with E-state index < -0.39 is 45.0 Å². The number of urea groups is 1. The molecule has 23 heavy (non-hydrogen) atoms. The molecular weight excluding hydrogens is 312 g/mol. The molecule has 1 saturated heterocycles. The van der Waals surface area contributed by atoms with E-state index in [2.05, 4.69) is 0 Å². The number of amides is 4. The number of benzene rings is 1. The van der Waals surface area contributed by atoms with E-state index in [4.69, 9.17) is 0 Å². The lowest BCUT2D eigenvalue weighted by Crippen LogP contribution is -2.55. The summed E-state index contributed by atoms with van der Waals surface area (Å²) in [4.78, 5) is 57.5. The molecule has 0 radical (unpaired) electrons. The van der Waals surface area contributed by atoms with Gasteiger partial charge in [0, 0.05) is 20.2 Å². The summed E-state index contributed by atoms with van der Waals surface area (Å²) in [7, 11) is 2.27. The molecule has 0 unspecified atom stereocenters. The van der Waals surface area contributed by atoms with Crippen LogP contribution in [0.25, 0.3) is 0 Å². The van der Waals surface area contributed by atoms with Crippen LogP contribution in [0, 0.1) is 20.2 Å². The van der Waals surface area contributed by atoms with Crippen LogP contribution >= 0.6 is 0 Å². The fraction of sp³-hybridized carbons (Fsp3) is 0.250. The number of carbonyl (C=O) groups excluding carboxylic acids is 3. The third kappa shape index (κ3) is 2.47. The second kappa shape index (κ2) is 5.44. The summed E-state index contributed by atoms with van der Waals surface area (Å²) in [6.45, 7) is 0. The Morgan fingerprint density at radius 1 is 0.957 bits per heavy atom. The molecule has 4 amide bonds. The second-order valence-corrected chi connectivity index (χ2v) is 4.77. The Balaban J connectivity index is 2.62. The van der Waals surface area contributed by atoms with Gasteiger partial charge in [-0.05, 0) is 6.07 Å². The lowest BCUT2D eigenvalue weighted by Gasteiger charge is -2.32. The van der Waals surface area contributed by atoms with Crippen molar-refractivity contribution in [2.45, 2.75) is 5.92 Å². The number of hydrogen-bond acceptors (Lipinski definition) is 7. The highest BCUT2D eigenvalue weighted by atomic mass is 16.6. The quantitative estimate of drug-likeness (QED) is 0.451. The van der Waals surface area contributed by atoms with E-state index in [0.717, 1.165) is 26.2 Å². The predicted octanol–water partition coefficient (Wildman–Crippen LogP) is 0.637. The molecule has 0 bridgehead atoms. The molecule has 1 aromatic carbocycles. The van der Waals surface area contributed by atoms with Crippen LogP contribution in [0.1, 0.15) is 11.5 Å². The number of barbiturate groups is 1. The number of nitrogens with zero attached hydrogens (tertiary/aromatic N) is 4. The number of hydrogen-bond donors (Lipinski definition) is 0. The highest BCUT2D eigenvalue weighted by molar-refractivity contribution is 6.19. The largest absolute Gasteiger partial charge is 0.332 e. The fourth-order valence-electron chi connectivity index (χ4n) is 2.22. The van der Waals surface area contributed by atoms with E-state index in [9.17, 15) is 34.6 Å². The summed E-state index contributed by atoms with van der Waals surface area (Å²) in [5, 5.41) is 21.9. The SMILES string of the molecule is CN1C(=O)C(c2ccc([N+](=O)[O-])cc2[N+](=O)[O-])C(=O)N(C)C1=O. The maximum Gasteiger partial charge on any atom is 0.332 e. The number of likely N-dealkylation sites (N-methyl/N-ethyl adjacent to an activating group) is 2. The maximum atomic E-state index is 12.2. The number of carbonyl (C=O) groups is 3. The predicted molar refractivity (Wildman–Crippen MR) is 73.4 cm³/mol. The first-order chi connectivity index (χ1) is 10.7. The third-order valence-electron chi connectivity index (χ3n) is 3.46. The van der Waals surface area contributed by atoms with Gasteiger partial charge in [-0.15, -0.1) is 0 Å². The Kier molecular flexibility index (Phi) is 3.79. The van der Waals surface area contributed by atoms with Gasteiger partial charge in [0.05, 0.1) is 21.5 Å². The topological polar surface area (TPSA) is 144 Å². The Bertz CT molecular complexity index is 736. The van der Waals surface area contributed by atoms with Gasteiger partial charge in [-0.3, -0.25) is 39.6 Å². The van der Waals surface area contributed by atoms with Crippen molar-refractivity contribution in [2.75, 3.05) is 14.1 Å².